The van der Waals surface area contributed by atoms with Crippen LogP contribution in [-0.2, 0) is 10.0 Å². The van der Waals surface area contributed by atoms with E-state index in [2.05, 4.69) is 9.71 Å². The van der Waals surface area contributed by atoms with Crippen LogP contribution in [0.5, 0.6) is 0 Å². The maximum absolute atomic E-state index is 13.1. The average Bonchev–Trinajstić information content (AvgIpc) is 2.53. The summed E-state index contributed by atoms with van der Waals surface area (Å²) < 4.78 is 28.9. The predicted molar refractivity (Wildman–Crippen MR) is 97.9 cm³/mol. The minimum atomic E-state index is -3.69. The number of sulfonamides is 1. The fourth-order valence-electron chi connectivity index (χ4n) is 2.97. The van der Waals surface area contributed by atoms with E-state index in [9.17, 15) is 8.42 Å². The summed E-state index contributed by atoms with van der Waals surface area (Å²) in [6.45, 7) is 7.56. The second-order valence-corrected chi connectivity index (χ2v) is 7.69. The highest BCUT2D eigenvalue weighted by atomic mass is 32.2. The van der Waals surface area contributed by atoms with Crippen molar-refractivity contribution in [1.82, 2.24) is 4.98 Å². The molecule has 0 aliphatic rings. The molecule has 124 valence electrons. The molecule has 24 heavy (non-hydrogen) atoms. The van der Waals surface area contributed by atoms with Gasteiger partial charge in [-0.2, -0.15) is 0 Å². The van der Waals surface area contributed by atoms with Gasteiger partial charge in [-0.1, -0.05) is 12.1 Å². The minimum Gasteiger partial charge on any atom is -0.279 e. The summed E-state index contributed by atoms with van der Waals surface area (Å²) >= 11 is 0. The molecule has 0 aliphatic heterocycles. The molecular formula is C19H20N2O2S. The van der Waals surface area contributed by atoms with Crippen molar-refractivity contribution < 1.29 is 8.42 Å². The molecule has 0 spiro atoms. The first-order chi connectivity index (χ1) is 11.3. The molecule has 0 saturated heterocycles. The molecule has 0 bridgehead atoms. The number of anilines is 1. The zero-order valence-electron chi connectivity index (χ0n) is 14.2. The topological polar surface area (TPSA) is 59.1 Å². The van der Waals surface area contributed by atoms with Crippen LogP contribution < -0.4 is 4.72 Å². The molecule has 1 N–H and O–H groups in total. The van der Waals surface area contributed by atoms with E-state index in [-0.39, 0.29) is 0 Å². The SMILES string of the molecule is Cc1cc(C)c(C)c(S(=O)(=O)Nc2cccc3ncccc23)c1C. The van der Waals surface area contributed by atoms with Crippen LogP contribution in [0.3, 0.4) is 0 Å². The molecule has 0 saturated carbocycles. The minimum absolute atomic E-state index is 0.362. The lowest BCUT2D eigenvalue weighted by molar-refractivity contribution is 0.599. The van der Waals surface area contributed by atoms with Gasteiger partial charge in [0.2, 0.25) is 0 Å². The first kappa shape index (κ1) is 16.5. The van der Waals surface area contributed by atoms with E-state index < -0.39 is 10.0 Å². The van der Waals surface area contributed by atoms with Gasteiger partial charge in [-0.3, -0.25) is 9.71 Å². The quantitative estimate of drug-likeness (QED) is 0.774. The van der Waals surface area contributed by atoms with Crippen LogP contribution in [0.2, 0.25) is 0 Å². The Bertz CT molecular complexity index is 1010. The summed E-state index contributed by atoms with van der Waals surface area (Å²) in [5.74, 6) is 0. The third-order valence-corrected chi connectivity index (χ3v) is 6.09. The number of nitrogens with one attached hydrogen (secondary N) is 1. The van der Waals surface area contributed by atoms with Gasteiger partial charge >= 0.3 is 0 Å². The van der Waals surface area contributed by atoms with Crippen molar-refractivity contribution in [2.45, 2.75) is 32.6 Å². The number of benzene rings is 2. The molecule has 3 aromatic rings. The Morgan fingerprint density at radius 2 is 1.58 bits per heavy atom. The smallest absolute Gasteiger partial charge is 0.262 e. The van der Waals surface area contributed by atoms with E-state index in [4.69, 9.17) is 0 Å². The maximum Gasteiger partial charge on any atom is 0.262 e. The monoisotopic (exact) mass is 340 g/mol. The van der Waals surface area contributed by atoms with Crippen LogP contribution in [0, 0.1) is 27.7 Å². The molecular weight excluding hydrogens is 320 g/mol. The van der Waals surface area contributed by atoms with Gasteiger partial charge in [0.25, 0.3) is 10.0 Å². The summed E-state index contributed by atoms with van der Waals surface area (Å²) in [6.07, 6.45) is 1.69. The zero-order valence-corrected chi connectivity index (χ0v) is 15.0. The summed E-state index contributed by atoms with van der Waals surface area (Å²) in [7, 11) is -3.69. The van der Waals surface area contributed by atoms with Crippen LogP contribution in [0.4, 0.5) is 5.69 Å². The number of hydrogen-bond acceptors (Lipinski definition) is 3. The van der Waals surface area contributed by atoms with E-state index in [1.54, 1.807) is 24.4 Å². The summed E-state index contributed by atoms with van der Waals surface area (Å²) in [6, 6.07) is 11.1. The molecule has 0 fully saturated rings. The summed E-state index contributed by atoms with van der Waals surface area (Å²) in [5, 5.41) is 0.781. The Labute approximate surface area is 142 Å². The van der Waals surface area contributed by atoms with Crippen molar-refractivity contribution in [2.75, 3.05) is 4.72 Å². The molecule has 0 aliphatic carbocycles. The number of aryl methyl sites for hydroxylation is 2. The molecule has 0 radical (unpaired) electrons. The molecule has 0 unspecified atom stereocenters. The lowest BCUT2D eigenvalue weighted by Gasteiger charge is -2.17. The van der Waals surface area contributed by atoms with Gasteiger partial charge in [-0.05, 0) is 74.2 Å². The number of aromatic nitrogens is 1. The van der Waals surface area contributed by atoms with Gasteiger partial charge in [0.15, 0.2) is 0 Å². The van der Waals surface area contributed by atoms with Gasteiger partial charge in [-0.25, -0.2) is 8.42 Å². The molecule has 1 aromatic heterocycles. The fourth-order valence-corrected chi connectivity index (χ4v) is 4.67. The van der Waals surface area contributed by atoms with Crippen molar-refractivity contribution in [1.29, 1.82) is 0 Å². The van der Waals surface area contributed by atoms with E-state index in [0.717, 1.165) is 33.2 Å². The van der Waals surface area contributed by atoms with Gasteiger partial charge in [0.05, 0.1) is 16.1 Å². The fraction of sp³-hybridized carbons (Fsp3) is 0.211. The van der Waals surface area contributed by atoms with Crippen molar-refractivity contribution in [3.63, 3.8) is 0 Å². The second kappa shape index (κ2) is 5.91. The largest absolute Gasteiger partial charge is 0.279 e. The van der Waals surface area contributed by atoms with Gasteiger partial charge in [0.1, 0.15) is 0 Å². The van der Waals surface area contributed by atoms with Crippen molar-refractivity contribution in [2.24, 2.45) is 0 Å². The highest BCUT2D eigenvalue weighted by Gasteiger charge is 2.22. The number of fused-ring (bicyclic) bond motifs is 1. The van der Waals surface area contributed by atoms with Gasteiger partial charge in [-0.15, -0.1) is 0 Å². The first-order valence-corrected chi connectivity index (χ1v) is 9.23. The molecule has 2 aromatic carbocycles. The average molecular weight is 340 g/mol. The first-order valence-electron chi connectivity index (χ1n) is 7.75. The Hall–Kier alpha value is -2.40. The van der Waals surface area contributed by atoms with Crippen LogP contribution >= 0.6 is 0 Å². The third-order valence-electron chi connectivity index (χ3n) is 4.46. The summed E-state index contributed by atoms with van der Waals surface area (Å²) in [4.78, 5) is 4.64. The van der Waals surface area contributed by atoms with E-state index >= 15 is 0 Å². The van der Waals surface area contributed by atoms with Crippen LogP contribution in [0.1, 0.15) is 22.3 Å². The van der Waals surface area contributed by atoms with Crippen molar-refractivity contribution in [3.8, 4) is 0 Å². The molecule has 5 heteroatoms. The van der Waals surface area contributed by atoms with Crippen molar-refractivity contribution in [3.05, 3.63) is 64.8 Å². The zero-order chi connectivity index (χ0) is 17.5. The highest BCUT2D eigenvalue weighted by Crippen LogP contribution is 2.29. The third kappa shape index (κ3) is 2.76. The summed E-state index contributed by atoms with van der Waals surface area (Å²) in [5.41, 5.74) is 4.80. The van der Waals surface area contributed by atoms with E-state index in [1.807, 2.05) is 45.9 Å². The number of hydrogen-bond donors (Lipinski definition) is 1. The Kier molecular flexibility index (Phi) is 4.05. The van der Waals surface area contributed by atoms with Crippen molar-refractivity contribution >= 4 is 26.6 Å². The van der Waals surface area contributed by atoms with E-state index in [1.165, 1.54) is 0 Å². The standard InChI is InChI=1S/C19H20N2O2S/c1-12-11-13(2)15(4)19(14(12)3)24(22,23)21-18-9-5-8-17-16(18)7-6-10-20-17/h5-11,21H,1-4H3. The molecule has 4 nitrogen and oxygen atoms in total. The second-order valence-electron chi connectivity index (χ2n) is 6.07. The normalized spacial score (nSPS) is 11.7. The Morgan fingerprint density at radius 1 is 0.917 bits per heavy atom. The molecule has 0 atom stereocenters. The van der Waals surface area contributed by atoms with Gasteiger partial charge in [0, 0.05) is 11.6 Å². The van der Waals surface area contributed by atoms with E-state index in [0.29, 0.717) is 10.6 Å². The number of nitrogens with zero attached hydrogens (tertiary/aromatic N) is 1. The van der Waals surface area contributed by atoms with Crippen LogP contribution in [0.25, 0.3) is 10.9 Å². The Balaban J connectivity index is 2.16. The molecule has 3 rings (SSSR count). The predicted octanol–water partition coefficient (Wildman–Crippen LogP) is 4.27. The lowest BCUT2D eigenvalue weighted by Crippen LogP contribution is -2.17. The van der Waals surface area contributed by atoms with Crippen LogP contribution in [-0.4, -0.2) is 13.4 Å². The molecule has 0 amide bonds. The highest BCUT2D eigenvalue weighted by molar-refractivity contribution is 7.92. The van der Waals surface area contributed by atoms with Gasteiger partial charge < -0.3 is 0 Å². The number of pyridine rings is 1. The lowest BCUT2D eigenvalue weighted by atomic mass is 10.0. The van der Waals surface area contributed by atoms with Crippen LogP contribution in [0.15, 0.2) is 47.5 Å². The molecule has 1 heterocycles. The Morgan fingerprint density at radius 3 is 2.25 bits per heavy atom. The number of rotatable bonds is 3. The maximum atomic E-state index is 13.1.